The molecule has 2 aromatic rings. The number of halogens is 1. The van der Waals surface area contributed by atoms with Gasteiger partial charge in [-0.05, 0) is 42.7 Å². The summed E-state index contributed by atoms with van der Waals surface area (Å²) >= 11 is 6.95. The van der Waals surface area contributed by atoms with E-state index in [2.05, 4.69) is 10.2 Å². The number of hydrogen-bond donors (Lipinski definition) is 1. The maximum atomic E-state index is 13.1. The van der Waals surface area contributed by atoms with Gasteiger partial charge in [-0.3, -0.25) is 4.79 Å². The monoisotopic (exact) mass is 374 g/mol. The van der Waals surface area contributed by atoms with Gasteiger partial charge in [0, 0.05) is 18.8 Å². The summed E-state index contributed by atoms with van der Waals surface area (Å²) in [6.07, 6.45) is 2.27. The van der Waals surface area contributed by atoms with Crippen LogP contribution in [0.25, 0.3) is 0 Å². The molecule has 1 amide bonds. The van der Waals surface area contributed by atoms with Gasteiger partial charge in [-0.2, -0.15) is 0 Å². The summed E-state index contributed by atoms with van der Waals surface area (Å²) in [6, 6.07) is 15.4. The van der Waals surface area contributed by atoms with Gasteiger partial charge in [0.15, 0.2) is 0 Å². The lowest BCUT2D eigenvalue weighted by molar-refractivity contribution is -0.115. The summed E-state index contributed by atoms with van der Waals surface area (Å²) in [5.41, 5.74) is 1.47. The number of likely N-dealkylation sites (tertiary alicyclic amines) is 1. The van der Waals surface area contributed by atoms with Gasteiger partial charge in [-0.1, -0.05) is 54.3 Å². The van der Waals surface area contributed by atoms with E-state index < -0.39 is 5.25 Å². The fraction of sp³-hybridized carbons (Fsp3) is 0.263. The number of rotatable bonds is 4. The molecule has 0 aromatic heterocycles. The number of thiocarbonyl (C=S) groups is 1. The molecular weight excluding hydrogens is 355 g/mol. The van der Waals surface area contributed by atoms with Gasteiger partial charge in [-0.25, -0.2) is 4.39 Å². The van der Waals surface area contributed by atoms with Crippen molar-refractivity contribution < 1.29 is 9.18 Å². The van der Waals surface area contributed by atoms with Crippen LogP contribution in [0, 0.1) is 5.82 Å². The van der Waals surface area contributed by atoms with E-state index in [0.29, 0.717) is 5.69 Å². The number of nitrogens with zero attached hydrogens (tertiary/aromatic N) is 1. The first-order chi connectivity index (χ1) is 12.1. The van der Waals surface area contributed by atoms with Crippen molar-refractivity contribution in [3.63, 3.8) is 0 Å². The third-order valence-corrected chi connectivity index (χ3v) is 5.76. The lowest BCUT2D eigenvalue weighted by atomic mass is 10.1. The molecule has 1 aliphatic heterocycles. The van der Waals surface area contributed by atoms with Crippen LogP contribution in [0.5, 0.6) is 0 Å². The number of benzene rings is 2. The molecule has 0 unspecified atom stereocenters. The quantitative estimate of drug-likeness (QED) is 0.792. The Labute approximate surface area is 156 Å². The first kappa shape index (κ1) is 17.9. The van der Waals surface area contributed by atoms with Crippen molar-refractivity contribution in [3.05, 3.63) is 66.0 Å². The lowest BCUT2D eigenvalue weighted by Crippen LogP contribution is -2.27. The molecule has 1 fully saturated rings. The van der Waals surface area contributed by atoms with Crippen LogP contribution in [-0.2, 0) is 4.79 Å². The third kappa shape index (κ3) is 4.80. The molecule has 0 bridgehead atoms. The van der Waals surface area contributed by atoms with Crippen LogP contribution in [0.1, 0.15) is 23.7 Å². The molecule has 3 rings (SSSR count). The van der Waals surface area contributed by atoms with Crippen molar-refractivity contribution in [1.29, 1.82) is 0 Å². The van der Waals surface area contributed by atoms with Crippen LogP contribution >= 0.6 is 24.0 Å². The number of thioether (sulfide) groups is 1. The van der Waals surface area contributed by atoms with Crippen LogP contribution < -0.4 is 5.32 Å². The van der Waals surface area contributed by atoms with Gasteiger partial charge in [0.2, 0.25) is 5.91 Å². The number of amides is 1. The summed E-state index contributed by atoms with van der Waals surface area (Å²) < 4.78 is 13.8. The van der Waals surface area contributed by atoms with E-state index in [-0.39, 0.29) is 11.7 Å². The topological polar surface area (TPSA) is 32.3 Å². The molecule has 1 N–H and O–H groups in total. The average Bonchev–Trinajstić information content (AvgIpc) is 3.17. The fourth-order valence-electron chi connectivity index (χ4n) is 2.72. The second kappa shape index (κ2) is 8.45. The highest BCUT2D eigenvalue weighted by atomic mass is 32.2. The van der Waals surface area contributed by atoms with Gasteiger partial charge in [-0.15, -0.1) is 0 Å². The Hall–Kier alpha value is -1.92. The number of carbonyl (C=O) groups is 1. The van der Waals surface area contributed by atoms with Gasteiger partial charge < -0.3 is 10.2 Å². The number of anilines is 1. The lowest BCUT2D eigenvalue weighted by Gasteiger charge is -2.22. The average molecular weight is 375 g/mol. The molecule has 1 saturated heterocycles. The van der Waals surface area contributed by atoms with Gasteiger partial charge in [0.1, 0.15) is 15.4 Å². The molecule has 25 heavy (non-hydrogen) atoms. The van der Waals surface area contributed by atoms with Gasteiger partial charge in [0.05, 0.1) is 0 Å². The summed E-state index contributed by atoms with van der Waals surface area (Å²) in [6.45, 7) is 1.90. The summed E-state index contributed by atoms with van der Waals surface area (Å²) in [5.74, 6) is -0.494. The largest absolute Gasteiger partial charge is 0.357 e. The highest BCUT2D eigenvalue weighted by Crippen LogP contribution is 2.33. The van der Waals surface area contributed by atoms with Crippen molar-refractivity contribution in [1.82, 2.24) is 4.90 Å². The Morgan fingerprint density at radius 2 is 1.72 bits per heavy atom. The van der Waals surface area contributed by atoms with E-state index in [1.165, 1.54) is 23.9 Å². The van der Waals surface area contributed by atoms with Crippen LogP contribution in [0.2, 0.25) is 0 Å². The van der Waals surface area contributed by atoms with E-state index in [1.54, 1.807) is 12.1 Å². The summed E-state index contributed by atoms with van der Waals surface area (Å²) in [7, 11) is 0. The molecule has 1 aliphatic rings. The number of hydrogen-bond acceptors (Lipinski definition) is 3. The highest BCUT2D eigenvalue weighted by molar-refractivity contribution is 8.23. The van der Waals surface area contributed by atoms with Gasteiger partial charge >= 0.3 is 0 Å². The smallest absolute Gasteiger partial charge is 0.242 e. The molecule has 3 nitrogen and oxygen atoms in total. The standard InChI is InChI=1S/C19H19FN2OS2/c20-15-8-10-16(11-9-15)21-18(23)17(14-6-2-1-3-7-14)25-19(24)22-12-4-5-13-22/h1-3,6-11,17H,4-5,12-13H2,(H,21,23)/t17-/m0/s1. The molecule has 2 aromatic carbocycles. The molecule has 6 heteroatoms. The van der Waals surface area contributed by atoms with E-state index in [9.17, 15) is 9.18 Å². The molecule has 1 atom stereocenters. The Morgan fingerprint density at radius 3 is 2.36 bits per heavy atom. The molecule has 1 heterocycles. The summed E-state index contributed by atoms with van der Waals surface area (Å²) in [5, 5.41) is 2.41. The van der Waals surface area contributed by atoms with Crippen LogP contribution in [0.4, 0.5) is 10.1 Å². The zero-order chi connectivity index (χ0) is 17.6. The van der Waals surface area contributed by atoms with Crippen LogP contribution in [0.3, 0.4) is 0 Å². The van der Waals surface area contributed by atoms with Crippen LogP contribution in [-0.4, -0.2) is 28.2 Å². The third-order valence-electron chi connectivity index (χ3n) is 4.04. The van der Waals surface area contributed by atoms with Gasteiger partial charge in [0.25, 0.3) is 0 Å². The molecule has 0 aliphatic carbocycles. The van der Waals surface area contributed by atoms with Crippen molar-refractivity contribution in [2.24, 2.45) is 0 Å². The van der Waals surface area contributed by atoms with Crippen molar-refractivity contribution in [2.75, 3.05) is 18.4 Å². The molecule has 130 valence electrons. The highest BCUT2D eigenvalue weighted by Gasteiger charge is 2.26. The Balaban J connectivity index is 1.76. The number of nitrogens with one attached hydrogen (secondary N) is 1. The first-order valence-electron chi connectivity index (χ1n) is 8.20. The number of carbonyl (C=O) groups excluding carboxylic acids is 1. The molecule has 0 radical (unpaired) electrons. The fourth-order valence-corrected chi connectivity index (χ4v) is 4.18. The maximum Gasteiger partial charge on any atom is 0.242 e. The van der Waals surface area contributed by atoms with Crippen molar-refractivity contribution in [3.8, 4) is 0 Å². The maximum absolute atomic E-state index is 13.1. The molecule has 0 spiro atoms. The normalized spacial score (nSPS) is 15.0. The van der Waals surface area contributed by atoms with E-state index >= 15 is 0 Å². The Morgan fingerprint density at radius 1 is 1.08 bits per heavy atom. The second-order valence-corrected chi connectivity index (χ2v) is 7.60. The van der Waals surface area contributed by atoms with E-state index in [4.69, 9.17) is 12.2 Å². The molecule has 0 saturated carbocycles. The Bertz CT molecular complexity index is 731. The van der Waals surface area contributed by atoms with Crippen LogP contribution in [0.15, 0.2) is 54.6 Å². The second-order valence-electron chi connectivity index (χ2n) is 5.86. The minimum atomic E-state index is -0.445. The minimum Gasteiger partial charge on any atom is -0.357 e. The van der Waals surface area contributed by atoms with Crippen molar-refractivity contribution in [2.45, 2.75) is 18.1 Å². The van der Waals surface area contributed by atoms with E-state index in [0.717, 1.165) is 35.8 Å². The predicted molar refractivity (Wildman–Crippen MR) is 105 cm³/mol. The zero-order valence-electron chi connectivity index (χ0n) is 13.7. The zero-order valence-corrected chi connectivity index (χ0v) is 15.3. The van der Waals surface area contributed by atoms with E-state index in [1.807, 2.05) is 30.3 Å². The SMILES string of the molecule is O=C(Nc1ccc(F)cc1)[C@@H](SC(=S)N1CCCC1)c1ccccc1. The Kier molecular flexibility index (Phi) is 6.04. The summed E-state index contributed by atoms with van der Waals surface area (Å²) in [4.78, 5) is 15.0. The first-order valence-corrected chi connectivity index (χ1v) is 9.49. The molecular formula is C19H19FN2OS2. The van der Waals surface area contributed by atoms with Crippen molar-refractivity contribution >= 4 is 39.9 Å². The minimum absolute atomic E-state index is 0.163. The predicted octanol–water partition coefficient (Wildman–Crippen LogP) is 4.62.